The number of methoxy groups -OCH3 is 2. The number of ether oxygens (including phenoxy) is 2. The summed E-state index contributed by atoms with van der Waals surface area (Å²) in [5, 5.41) is 11.4. The number of rotatable bonds is 4. The van der Waals surface area contributed by atoms with Crippen molar-refractivity contribution in [2.75, 3.05) is 14.2 Å². The summed E-state index contributed by atoms with van der Waals surface area (Å²) < 4.78 is 11.5. The van der Waals surface area contributed by atoms with Gasteiger partial charge in [-0.1, -0.05) is 31.8 Å². The van der Waals surface area contributed by atoms with E-state index in [4.69, 9.17) is 32.7 Å². The summed E-state index contributed by atoms with van der Waals surface area (Å²) in [6, 6.07) is 0. The van der Waals surface area contributed by atoms with Crippen molar-refractivity contribution in [2.45, 2.75) is 66.1 Å². The van der Waals surface area contributed by atoms with Crippen molar-refractivity contribution < 1.29 is 19.4 Å². The Bertz CT molecular complexity index is 549. The summed E-state index contributed by atoms with van der Waals surface area (Å²) in [5.74, 6) is -2.37. The number of ketones is 1. The molecule has 0 aromatic carbocycles. The number of halogens is 2. The predicted octanol–water partition coefficient (Wildman–Crippen LogP) is 3.42. The number of Topliss-reactive ketones (excluding diaryl/α,β-unsaturated/α-hetero) is 1. The monoisotopic (exact) mass is 376 g/mol. The van der Waals surface area contributed by atoms with Crippen molar-refractivity contribution in [1.29, 1.82) is 0 Å². The molecule has 0 saturated heterocycles. The molecule has 3 aliphatic rings. The predicted molar refractivity (Wildman–Crippen MR) is 93.4 cm³/mol. The molecule has 0 radical (unpaired) electrons. The van der Waals surface area contributed by atoms with E-state index in [2.05, 4.69) is 6.58 Å². The third kappa shape index (κ3) is 1.75. The van der Waals surface area contributed by atoms with E-state index < -0.39 is 26.9 Å². The highest BCUT2D eigenvalue weighted by Gasteiger charge is 2.92. The van der Waals surface area contributed by atoms with Crippen molar-refractivity contribution in [2.24, 2.45) is 11.8 Å². The van der Waals surface area contributed by atoms with E-state index in [1.54, 1.807) is 0 Å². The van der Waals surface area contributed by atoms with Gasteiger partial charge in [-0.2, -0.15) is 0 Å². The fraction of sp³-hybridized carbons (Fsp3) is 0.833. The molecule has 5 atom stereocenters. The van der Waals surface area contributed by atoms with E-state index in [-0.39, 0.29) is 18.3 Å². The lowest BCUT2D eigenvalue weighted by Gasteiger charge is -2.47. The highest BCUT2D eigenvalue weighted by atomic mass is 35.5. The first-order valence-corrected chi connectivity index (χ1v) is 9.43. The third-order valence-electron chi connectivity index (χ3n) is 6.57. The molecule has 0 aromatic heterocycles. The zero-order chi connectivity index (χ0) is 17.8. The Kier molecular flexibility index (Phi) is 4.63. The zero-order valence-electron chi connectivity index (χ0n) is 14.3. The van der Waals surface area contributed by atoms with Gasteiger partial charge in [-0.3, -0.25) is 4.79 Å². The second-order valence-corrected chi connectivity index (χ2v) is 8.53. The molecule has 3 rings (SSSR count). The Morgan fingerprint density at radius 1 is 1.17 bits per heavy atom. The van der Waals surface area contributed by atoms with Crippen molar-refractivity contribution in [1.82, 2.24) is 0 Å². The van der Waals surface area contributed by atoms with Gasteiger partial charge in [0.2, 0.25) is 5.79 Å². The highest BCUT2D eigenvalue weighted by molar-refractivity contribution is 6.44. The first-order valence-electron chi connectivity index (χ1n) is 8.68. The Balaban J connectivity index is 2.26. The number of carbonyl (C=O) groups excluding carboxylic acids is 1. The third-order valence-corrected chi connectivity index (χ3v) is 8.11. The number of hydrogen-bond donors (Lipinski definition) is 1. The molecule has 136 valence electrons. The average Bonchev–Trinajstić information content (AvgIpc) is 2.75. The van der Waals surface area contributed by atoms with Crippen LogP contribution in [0.15, 0.2) is 12.7 Å². The Morgan fingerprint density at radius 3 is 2.21 bits per heavy atom. The van der Waals surface area contributed by atoms with Gasteiger partial charge >= 0.3 is 0 Å². The summed E-state index contributed by atoms with van der Waals surface area (Å²) in [4.78, 5) is 10.4. The van der Waals surface area contributed by atoms with E-state index in [0.717, 1.165) is 38.5 Å². The van der Waals surface area contributed by atoms with Crippen LogP contribution in [0.5, 0.6) is 0 Å². The molecule has 3 saturated carbocycles. The van der Waals surface area contributed by atoms with Crippen LogP contribution in [0.3, 0.4) is 0 Å². The van der Waals surface area contributed by atoms with Gasteiger partial charge in [0.15, 0.2) is 16.3 Å². The maximum atomic E-state index is 13.3. The van der Waals surface area contributed by atoms with Crippen LogP contribution in [0.1, 0.15) is 44.9 Å². The van der Waals surface area contributed by atoms with Gasteiger partial charge < -0.3 is 14.6 Å². The minimum atomic E-state index is -1.84. The molecular weight excluding hydrogens is 351 g/mol. The molecule has 0 spiro atoms. The highest BCUT2D eigenvalue weighted by Crippen LogP contribution is 2.74. The molecule has 1 N–H and O–H groups in total. The lowest BCUT2D eigenvalue weighted by molar-refractivity contribution is -0.235. The molecule has 3 aliphatic carbocycles. The molecule has 0 amide bonds. The number of aliphatic hydroxyl groups is 1. The maximum absolute atomic E-state index is 13.3. The SMILES string of the molecule is C=CC[C@@]1(O)C(=O)[C@]2(Cl)[C@@H]3CCCCCC[C@@H]3[C@@]1(Cl)C2(OC)OC. The summed E-state index contributed by atoms with van der Waals surface area (Å²) in [6.07, 6.45) is 7.33. The average molecular weight is 377 g/mol. The van der Waals surface area contributed by atoms with Crippen LogP contribution < -0.4 is 0 Å². The second kappa shape index (κ2) is 5.95. The van der Waals surface area contributed by atoms with Crippen LogP contribution in [0.4, 0.5) is 0 Å². The number of fused-ring (bicyclic) bond motifs is 5. The largest absolute Gasteiger partial charge is 0.380 e. The summed E-state index contributed by atoms with van der Waals surface area (Å²) in [5.41, 5.74) is -1.84. The molecule has 0 aromatic rings. The van der Waals surface area contributed by atoms with Crippen molar-refractivity contribution in [3.63, 3.8) is 0 Å². The Labute approximate surface area is 153 Å². The van der Waals surface area contributed by atoms with Crippen LogP contribution in [-0.2, 0) is 14.3 Å². The first-order chi connectivity index (χ1) is 11.3. The van der Waals surface area contributed by atoms with Gasteiger partial charge in [-0.05, 0) is 24.7 Å². The molecule has 0 aliphatic heterocycles. The van der Waals surface area contributed by atoms with E-state index in [1.165, 1.54) is 20.3 Å². The van der Waals surface area contributed by atoms with Crippen LogP contribution >= 0.6 is 23.2 Å². The van der Waals surface area contributed by atoms with E-state index in [9.17, 15) is 9.90 Å². The molecule has 0 unspecified atom stereocenters. The number of hydrogen-bond acceptors (Lipinski definition) is 4. The molecule has 3 fully saturated rings. The lowest BCUT2D eigenvalue weighted by Crippen LogP contribution is -2.63. The lowest BCUT2D eigenvalue weighted by atomic mass is 9.65. The molecule has 24 heavy (non-hydrogen) atoms. The van der Waals surface area contributed by atoms with Crippen molar-refractivity contribution in [3.05, 3.63) is 12.7 Å². The van der Waals surface area contributed by atoms with E-state index in [1.807, 2.05) is 0 Å². The van der Waals surface area contributed by atoms with Gasteiger partial charge in [0.25, 0.3) is 0 Å². The fourth-order valence-electron chi connectivity index (χ4n) is 5.68. The van der Waals surface area contributed by atoms with E-state index >= 15 is 0 Å². The molecular formula is C18H26Cl2O4. The number of alkyl halides is 2. The number of carbonyl (C=O) groups is 1. The fourth-order valence-corrected chi connectivity index (χ4v) is 7.18. The minimum Gasteiger partial charge on any atom is -0.380 e. The summed E-state index contributed by atoms with van der Waals surface area (Å²) in [6.45, 7) is 3.68. The zero-order valence-corrected chi connectivity index (χ0v) is 15.8. The molecule has 0 heterocycles. The molecule has 4 nitrogen and oxygen atoms in total. The van der Waals surface area contributed by atoms with E-state index in [0.29, 0.717) is 0 Å². The molecule has 2 bridgehead atoms. The summed E-state index contributed by atoms with van der Waals surface area (Å²) in [7, 11) is 2.90. The van der Waals surface area contributed by atoms with Crippen molar-refractivity contribution >= 4 is 29.0 Å². The minimum absolute atomic E-state index is 0.0293. The molecule has 6 heteroatoms. The van der Waals surface area contributed by atoms with Gasteiger partial charge in [-0.25, -0.2) is 0 Å². The van der Waals surface area contributed by atoms with Gasteiger partial charge in [-0.15, -0.1) is 29.8 Å². The quantitative estimate of drug-likeness (QED) is 0.463. The standard InChI is InChI=1S/C18H26Cl2O4/c1-4-11-15(22)14(21)16(19)12-9-7-5-6-8-10-13(12)17(15,20)18(16,23-2)24-3/h4,12-13,22H,1,5-11H2,2-3H3/t12-,13+,15-,16-,17+/m1/s1. The Hall–Kier alpha value is -0.130. The smallest absolute Gasteiger partial charge is 0.218 e. The van der Waals surface area contributed by atoms with Crippen LogP contribution in [0.25, 0.3) is 0 Å². The normalized spacial score (nSPS) is 47.1. The maximum Gasteiger partial charge on any atom is 0.218 e. The van der Waals surface area contributed by atoms with Gasteiger partial charge in [0.05, 0.1) is 0 Å². The van der Waals surface area contributed by atoms with Gasteiger partial charge in [0, 0.05) is 20.6 Å². The van der Waals surface area contributed by atoms with Gasteiger partial charge in [0.1, 0.15) is 4.87 Å². The topological polar surface area (TPSA) is 55.8 Å². The van der Waals surface area contributed by atoms with Crippen molar-refractivity contribution in [3.8, 4) is 0 Å². The van der Waals surface area contributed by atoms with Crippen LogP contribution in [-0.4, -0.2) is 46.2 Å². The first kappa shape index (κ1) is 18.7. The summed E-state index contributed by atoms with van der Waals surface area (Å²) >= 11 is 14.1. The second-order valence-electron chi connectivity index (χ2n) is 7.34. The Morgan fingerprint density at radius 2 is 1.71 bits per heavy atom. The van der Waals surface area contributed by atoms with Crippen LogP contribution in [0, 0.1) is 11.8 Å². The van der Waals surface area contributed by atoms with Crippen LogP contribution in [0.2, 0.25) is 0 Å².